The molecule has 0 saturated heterocycles. The molecule has 0 aromatic rings. The van der Waals surface area contributed by atoms with E-state index < -0.39 is 0 Å². The Kier molecular flexibility index (Phi) is 3.44. The van der Waals surface area contributed by atoms with Gasteiger partial charge in [-0.15, -0.1) is 0 Å². The lowest BCUT2D eigenvalue weighted by molar-refractivity contribution is -0.124. The summed E-state index contributed by atoms with van der Waals surface area (Å²) in [5.41, 5.74) is 0. The van der Waals surface area contributed by atoms with Crippen LogP contribution in [0.15, 0.2) is 12.2 Å². The maximum absolute atomic E-state index is 5.24. The van der Waals surface area contributed by atoms with Crippen LogP contribution in [0.5, 0.6) is 0 Å². The zero-order valence-corrected chi connectivity index (χ0v) is 9.77. The summed E-state index contributed by atoms with van der Waals surface area (Å²) in [5, 5.41) is 3.59. The molecule has 1 fully saturated rings. The summed E-state index contributed by atoms with van der Waals surface area (Å²) in [6.07, 6.45) is 7.09. The smallest absolute Gasteiger partial charge is 0.171 e. The fraction of sp³-hybridized carbons (Fsp3) is 0.833. The maximum atomic E-state index is 5.24. The average Bonchev–Trinajstić information content (AvgIpc) is 2.58. The molecule has 4 unspecified atom stereocenters. The van der Waals surface area contributed by atoms with Gasteiger partial charge in [-0.2, -0.15) is 0 Å². The molecule has 0 aromatic carbocycles. The second-order valence-corrected chi connectivity index (χ2v) is 4.64. The highest BCUT2D eigenvalue weighted by molar-refractivity contribution is 5.13. The zero-order chi connectivity index (χ0) is 10.8. The first-order chi connectivity index (χ1) is 7.26. The number of ether oxygens (including phenoxy) is 2. The third-order valence-electron chi connectivity index (χ3n) is 3.71. The summed E-state index contributed by atoms with van der Waals surface area (Å²) in [7, 11) is 3.37. The van der Waals surface area contributed by atoms with Gasteiger partial charge < -0.3 is 14.8 Å². The molecule has 0 bridgehead atoms. The number of nitrogens with one attached hydrogen (secondary N) is 1. The predicted molar refractivity (Wildman–Crippen MR) is 59.5 cm³/mol. The lowest BCUT2D eigenvalue weighted by Crippen LogP contribution is -2.54. The van der Waals surface area contributed by atoms with Gasteiger partial charge in [0.2, 0.25) is 0 Å². The second-order valence-electron chi connectivity index (χ2n) is 4.64. The minimum absolute atomic E-state index is 0.144. The van der Waals surface area contributed by atoms with Crippen LogP contribution in [-0.4, -0.2) is 32.6 Å². The maximum Gasteiger partial charge on any atom is 0.171 e. The van der Waals surface area contributed by atoms with Gasteiger partial charge in [0.25, 0.3) is 0 Å². The van der Waals surface area contributed by atoms with Crippen molar-refractivity contribution in [3.05, 3.63) is 12.2 Å². The van der Waals surface area contributed by atoms with Crippen molar-refractivity contribution in [3.8, 4) is 0 Å². The number of hydrogen-bond donors (Lipinski definition) is 1. The van der Waals surface area contributed by atoms with Crippen LogP contribution in [-0.2, 0) is 9.47 Å². The van der Waals surface area contributed by atoms with Crippen molar-refractivity contribution < 1.29 is 9.47 Å². The van der Waals surface area contributed by atoms with E-state index in [2.05, 4.69) is 24.4 Å². The zero-order valence-electron chi connectivity index (χ0n) is 9.77. The Morgan fingerprint density at radius 1 is 1.33 bits per heavy atom. The van der Waals surface area contributed by atoms with Crippen molar-refractivity contribution in [3.63, 3.8) is 0 Å². The van der Waals surface area contributed by atoms with Crippen LogP contribution in [0.1, 0.15) is 19.8 Å². The van der Waals surface area contributed by atoms with Gasteiger partial charge in [-0.25, -0.2) is 0 Å². The Balaban J connectivity index is 1.79. The van der Waals surface area contributed by atoms with Gasteiger partial charge in [0.1, 0.15) is 0 Å². The van der Waals surface area contributed by atoms with Gasteiger partial charge in [0, 0.05) is 20.3 Å². The molecule has 86 valence electrons. The summed E-state index contributed by atoms with van der Waals surface area (Å²) >= 11 is 0. The predicted octanol–water partition coefficient (Wildman–Crippen LogP) is 1.55. The molecule has 2 aliphatic carbocycles. The second kappa shape index (κ2) is 4.64. The van der Waals surface area contributed by atoms with E-state index in [0.717, 1.165) is 11.8 Å². The standard InChI is InChI=1S/C12H21NO2/c1-8(12(14-2)15-3)13-11-7-9-5-4-6-10(9)11/h4,6,8-13H,5,7H2,1-3H3. The van der Waals surface area contributed by atoms with Crippen molar-refractivity contribution in [2.45, 2.75) is 38.1 Å². The van der Waals surface area contributed by atoms with Crippen LogP contribution >= 0.6 is 0 Å². The fourth-order valence-corrected chi connectivity index (χ4v) is 2.83. The van der Waals surface area contributed by atoms with Crippen LogP contribution in [0.4, 0.5) is 0 Å². The highest BCUT2D eigenvalue weighted by Gasteiger charge is 2.41. The summed E-state index contributed by atoms with van der Waals surface area (Å²) < 4.78 is 10.5. The lowest BCUT2D eigenvalue weighted by atomic mass is 9.71. The number of fused-ring (bicyclic) bond motifs is 1. The van der Waals surface area contributed by atoms with Gasteiger partial charge in [-0.1, -0.05) is 12.2 Å². The first-order valence-electron chi connectivity index (χ1n) is 5.74. The summed E-state index contributed by atoms with van der Waals surface area (Å²) in [6.45, 7) is 2.11. The fourth-order valence-electron chi connectivity index (χ4n) is 2.83. The molecule has 0 aromatic heterocycles. The summed E-state index contributed by atoms with van der Waals surface area (Å²) in [4.78, 5) is 0. The Bertz CT molecular complexity index is 238. The van der Waals surface area contributed by atoms with Crippen LogP contribution < -0.4 is 5.32 Å². The number of rotatable bonds is 5. The van der Waals surface area contributed by atoms with E-state index in [-0.39, 0.29) is 12.3 Å². The number of hydrogen-bond acceptors (Lipinski definition) is 3. The van der Waals surface area contributed by atoms with Crippen molar-refractivity contribution in [1.82, 2.24) is 5.32 Å². The minimum atomic E-state index is -0.144. The monoisotopic (exact) mass is 211 g/mol. The highest BCUT2D eigenvalue weighted by Crippen LogP contribution is 2.42. The third kappa shape index (κ3) is 2.10. The van der Waals surface area contributed by atoms with Crippen molar-refractivity contribution in [2.75, 3.05) is 14.2 Å². The SMILES string of the molecule is COC(OC)C(C)NC1CC2CC=CC21. The molecular weight excluding hydrogens is 190 g/mol. The van der Waals surface area contributed by atoms with Crippen molar-refractivity contribution in [1.29, 1.82) is 0 Å². The van der Waals surface area contributed by atoms with E-state index >= 15 is 0 Å². The van der Waals surface area contributed by atoms with Crippen LogP contribution in [0.25, 0.3) is 0 Å². The molecule has 0 heterocycles. The molecule has 0 radical (unpaired) electrons. The lowest BCUT2D eigenvalue weighted by Gasteiger charge is -2.43. The van der Waals surface area contributed by atoms with Gasteiger partial charge in [0.15, 0.2) is 6.29 Å². The normalized spacial score (nSPS) is 35.3. The van der Waals surface area contributed by atoms with Gasteiger partial charge in [-0.05, 0) is 31.6 Å². The first kappa shape index (κ1) is 11.1. The molecule has 0 spiro atoms. The van der Waals surface area contributed by atoms with Crippen LogP contribution in [0.2, 0.25) is 0 Å². The number of methoxy groups -OCH3 is 2. The quantitative estimate of drug-likeness (QED) is 0.553. The molecule has 0 amide bonds. The first-order valence-corrected chi connectivity index (χ1v) is 5.74. The molecule has 3 nitrogen and oxygen atoms in total. The molecule has 1 N–H and O–H groups in total. The third-order valence-corrected chi connectivity index (χ3v) is 3.71. The summed E-state index contributed by atoms with van der Waals surface area (Å²) in [6, 6.07) is 0.872. The van der Waals surface area contributed by atoms with E-state index in [9.17, 15) is 0 Å². The molecule has 15 heavy (non-hydrogen) atoms. The minimum Gasteiger partial charge on any atom is -0.354 e. The summed E-state index contributed by atoms with van der Waals surface area (Å²) in [5.74, 6) is 1.65. The van der Waals surface area contributed by atoms with Crippen LogP contribution in [0, 0.1) is 11.8 Å². The highest BCUT2D eigenvalue weighted by atomic mass is 16.7. The van der Waals surface area contributed by atoms with E-state index in [1.807, 2.05) is 0 Å². The topological polar surface area (TPSA) is 30.5 Å². The van der Waals surface area contributed by atoms with Gasteiger partial charge in [-0.3, -0.25) is 0 Å². The molecule has 3 heteroatoms. The number of allylic oxidation sites excluding steroid dienone is 1. The Labute approximate surface area is 91.8 Å². The molecule has 2 rings (SSSR count). The molecular formula is C12H21NO2. The molecule has 2 aliphatic rings. The van der Waals surface area contributed by atoms with Gasteiger partial charge in [0.05, 0.1) is 6.04 Å². The Morgan fingerprint density at radius 3 is 2.67 bits per heavy atom. The average molecular weight is 211 g/mol. The Morgan fingerprint density at radius 2 is 2.07 bits per heavy atom. The van der Waals surface area contributed by atoms with Crippen LogP contribution in [0.3, 0.4) is 0 Å². The van der Waals surface area contributed by atoms with E-state index in [0.29, 0.717) is 6.04 Å². The van der Waals surface area contributed by atoms with Crippen molar-refractivity contribution in [2.24, 2.45) is 11.8 Å². The van der Waals surface area contributed by atoms with E-state index in [1.165, 1.54) is 12.8 Å². The Hall–Kier alpha value is -0.380. The molecule has 1 saturated carbocycles. The van der Waals surface area contributed by atoms with Crippen molar-refractivity contribution >= 4 is 0 Å². The largest absolute Gasteiger partial charge is 0.354 e. The van der Waals surface area contributed by atoms with Gasteiger partial charge >= 0.3 is 0 Å². The van der Waals surface area contributed by atoms with E-state index in [4.69, 9.17) is 9.47 Å². The van der Waals surface area contributed by atoms with E-state index in [1.54, 1.807) is 14.2 Å². The molecule has 0 aliphatic heterocycles. The molecule has 4 atom stereocenters.